The van der Waals surface area contributed by atoms with Gasteiger partial charge in [0.15, 0.2) is 6.61 Å². The Morgan fingerprint density at radius 2 is 1.97 bits per heavy atom. The molecule has 1 aliphatic heterocycles. The van der Waals surface area contributed by atoms with Gasteiger partial charge in [0.1, 0.15) is 11.5 Å². The molecule has 3 aromatic rings. The number of hydrogen-bond donors (Lipinski definition) is 2. The Morgan fingerprint density at radius 3 is 2.80 bits per heavy atom. The second-order valence-corrected chi connectivity index (χ2v) is 6.72. The Kier molecular flexibility index (Phi) is 5.93. The number of carbonyl (C=O) groups excluding carboxylic acids is 1. The molecule has 1 amide bonds. The number of fused-ring (bicyclic) bond motifs is 1. The molecule has 0 spiro atoms. The normalized spacial score (nSPS) is 12.9. The number of para-hydroxylation sites is 3. The van der Waals surface area contributed by atoms with Crippen molar-refractivity contribution in [3.63, 3.8) is 0 Å². The zero-order chi connectivity index (χ0) is 20.8. The molecule has 1 aliphatic rings. The molecule has 1 aromatic heterocycles. The van der Waals surface area contributed by atoms with Crippen molar-refractivity contribution in [1.82, 2.24) is 14.9 Å². The third-order valence-corrected chi connectivity index (χ3v) is 4.72. The first kappa shape index (κ1) is 19.5. The lowest BCUT2D eigenvalue weighted by atomic mass is 10.3. The predicted molar refractivity (Wildman–Crippen MR) is 114 cm³/mol. The largest absolute Gasteiger partial charge is 0.495 e. The number of methoxy groups -OCH3 is 1. The van der Waals surface area contributed by atoms with E-state index in [0.717, 1.165) is 17.1 Å². The Hall–Kier alpha value is -3.81. The maximum absolute atomic E-state index is 12.7. The smallest absolute Gasteiger partial charge is 0.260 e. The summed E-state index contributed by atoms with van der Waals surface area (Å²) in [7, 11) is 1.61. The van der Waals surface area contributed by atoms with Crippen LogP contribution in [0.3, 0.4) is 0 Å². The van der Waals surface area contributed by atoms with Gasteiger partial charge in [-0.15, -0.1) is 0 Å². The molecule has 2 N–H and O–H groups in total. The lowest BCUT2D eigenvalue weighted by Gasteiger charge is -2.20. The van der Waals surface area contributed by atoms with E-state index in [2.05, 4.69) is 20.6 Å². The molecule has 2 aromatic carbocycles. The van der Waals surface area contributed by atoms with Gasteiger partial charge in [-0.05, 0) is 24.3 Å². The third kappa shape index (κ3) is 4.60. The zero-order valence-corrected chi connectivity index (χ0v) is 16.7. The molecule has 4 rings (SSSR count). The van der Waals surface area contributed by atoms with Gasteiger partial charge in [0, 0.05) is 13.1 Å². The molecule has 8 heteroatoms. The van der Waals surface area contributed by atoms with E-state index >= 15 is 0 Å². The van der Waals surface area contributed by atoms with E-state index in [1.165, 1.54) is 0 Å². The highest BCUT2D eigenvalue weighted by Crippen LogP contribution is 2.27. The maximum atomic E-state index is 12.7. The van der Waals surface area contributed by atoms with E-state index in [-0.39, 0.29) is 12.5 Å². The number of ether oxygens (including phenoxy) is 2. The van der Waals surface area contributed by atoms with E-state index < -0.39 is 0 Å². The van der Waals surface area contributed by atoms with Crippen molar-refractivity contribution >= 4 is 23.2 Å². The van der Waals surface area contributed by atoms with E-state index in [1.807, 2.05) is 54.6 Å². The van der Waals surface area contributed by atoms with Crippen LogP contribution >= 0.6 is 0 Å². The molecule has 2 heterocycles. The molecule has 154 valence electrons. The summed E-state index contributed by atoms with van der Waals surface area (Å²) < 4.78 is 11.0. The van der Waals surface area contributed by atoms with Gasteiger partial charge in [-0.2, -0.15) is 0 Å². The average molecular weight is 405 g/mol. The summed E-state index contributed by atoms with van der Waals surface area (Å²) in [4.78, 5) is 23.4. The van der Waals surface area contributed by atoms with Crippen molar-refractivity contribution in [2.45, 2.75) is 6.54 Å². The van der Waals surface area contributed by atoms with Gasteiger partial charge in [-0.3, -0.25) is 4.79 Å². The summed E-state index contributed by atoms with van der Waals surface area (Å²) in [6, 6.07) is 16.9. The first-order chi connectivity index (χ1) is 14.7. The van der Waals surface area contributed by atoms with Gasteiger partial charge in [0.25, 0.3) is 5.91 Å². The summed E-state index contributed by atoms with van der Waals surface area (Å²) >= 11 is 0. The van der Waals surface area contributed by atoms with Crippen LogP contribution in [0.4, 0.5) is 17.3 Å². The predicted octanol–water partition coefficient (Wildman–Crippen LogP) is 3.06. The van der Waals surface area contributed by atoms with E-state index in [1.54, 1.807) is 18.2 Å². The summed E-state index contributed by atoms with van der Waals surface area (Å²) in [6.45, 7) is 1.54. The Labute approximate surface area is 174 Å². The maximum Gasteiger partial charge on any atom is 0.260 e. The van der Waals surface area contributed by atoms with Crippen molar-refractivity contribution in [1.29, 1.82) is 0 Å². The molecule has 0 atom stereocenters. The number of aromatic nitrogens is 2. The van der Waals surface area contributed by atoms with Gasteiger partial charge in [-0.1, -0.05) is 30.3 Å². The van der Waals surface area contributed by atoms with Crippen molar-refractivity contribution < 1.29 is 14.3 Å². The summed E-state index contributed by atoms with van der Waals surface area (Å²) in [5.41, 5.74) is 2.33. The first-order valence-electron chi connectivity index (χ1n) is 9.68. The number of carbonyl (C=O) groups is 1. The number of rotatable bonds is 6. The van der Waals surface area contributed by atoms with Crippen LogP contribution in [0, 0.1) is 0 Å². The Bertz CT molecular complexity index is 1010. The second kappa shape index (κ2) is 9.13. The topological polar surface area (TPSA) is 88.6 Å². The lowest BCUT2D eigenvalue weighted by Crippen LogP contribution is -2.36. The van der Waals surface area contributed by atoms with Crippen LogP contribution in [-0.2, 0) is 11.3 Å². The molecule has 0 saturated heterocycles. The minimum Gasteiger partial charge on any atom is -0.495 e. The number of nitrogens with zero attached hydrogens (tertiary/aromatic N) is 3. The van der Waals surface area contributed by atoms with Crippen LogP contribution in [0.2, 0.25) is 0 Å². The van der Waals surface area contributed by atoms with Crippen LogP contribution in [-0.4, -0.2) is 47.6 Å². The van der Waals surface area contributed by atoms with Crippen LogP contribution in [0.25, 0.3) is 0 Å². The fraction of sp³-hybridized carbons (Fsp3) is 0.227. The highest BCUT2D eigenvalue weighted by Gasteiger charge is 2.21. The molecule has 0 radical (unpaired) electrons. The highest BCUT2D eigenvalue weighted by molar-refractivity contribution is 5.78. The molecule has 0 bridgehead atoms. The molecule has 0 fully saturated rings. The standard InChI is InChI=1S/C22H23N5O3/c1-29-20-10-6-5-9-17(20)25-22-24-13-18-19(26-22)14-27(12-11-23-18)21(28)15-30-16-7-3-2-4-8-16/h2-10,13,23H,11-12,14-15H2,1H3,(H,24,25,26). The number of amides is 1. The molecular formula is C22H23N5O3. The quantitative estimate of drug-likeness (QED) is 0.652. The van der Waals surface area contributed by atoms with Gasteiger partial charge in [0.05, 0.1) is 36.9 Å². The van der Waals surface area contributed by atoms with Crippen molar-refractivity contribution in [3.8, 4) is 11.5 Å². The molecule has 0 saturated carbocycles. The Morgan fingerprint density at radius 1 is 1.17 bits per heavy atom. The minimum absolute atomic E-state index is 0.0171. The third-order valence-electron chi connectivity index (χ3n) is 4.72. The molecular weight excluding hydrogens is 382 g/mol. The van der Waals surface area contributed by atoms with E-state index in [4.69, 9.17) is 9.47 Å². The zero-order valence-electron chi connectivity index (χ0n) is 16.7. The molecule has 0 unspecified atom stereocenters. The lowest BCUT2D eigenvalue weighted by molar-refractivity contribution is -0.133. The van der Waals surface area contributed by atoms with Crippen molar-refractivity contribution in [2.75, 3.05) is 37.4 Å². The van der Waals surface area contributed by atoms with Crippen molar-refractivity contribution in [3.05, 3.63) is 66.5 Å². The van der Waals surface area contributed by atoms with Crippen LogP contribution in [0.1, 0.15) is 5.69 Å². The number of nitrogens with one attached hydrogen (secondary N) is 2. The first-order valence-corrected chi connectivity index (χ1v) is 9.68. The minimum atomic E-state index is -0.0913. The van der Waals surface area contributed by atoms with Crippen LogP contribution in [0.5, 0.6) is 11.5 Å². The van der Waals surface area contributed by atoms with Gasteiger partial charge in [-0.25, -0.2) is 9.97 Å². The van der Waals surface area contributed by atoms with Gasteiger partial charge in [0.2, 0.25) is 5.95 Å². The fourth-order valence-electron chi connectivity index (χ4n) is 3.17. The van der Waals surface area contributed by atoms with Crippen molar-refractivity contribution in [2.24, 2.45) is 0 Å². The van der Waals surface area contributed by atoms with Gasteiger partial charge >= 0.3 is 0 Å². The second-order valence-electron chi connectivity index (χ2n) is 6.72. The summed E-state index contributed by atoms with van der Waals surface area (Å²) in [6.07, 6.45) is 1.73. The Balaban J connectivity index is 1.46. The number of benzene rings is 2. The fourth-order valence-corrected chi connectivity index (χ4v) is 3.17. The SMILES string of the molecule is COc1ccccc1Nc1ncc2c(n1)CN(C(=O)COc1ccccc1)CCN2. The molecule has 8 nitrogen and oxygen atoms in total. The van der Waals surface area contributed by atoms with Crippen LogP contribution in [0.15, 0.2) is 60.8 Å². The monoisotopic (exact) mass is 405 g/mol. The van der Waals surface area contributed by atoms with Crippen LogP contribution < -0.4 is 20.1 Å². The summed E-state index contributed by atoms with van der Waals surface area (Å²) in [5.74, 6) is 1.72. The van der Waals surface area contributed by atoms with E-state index in [9.17, 15) is 4.79 Å². The summed E-state index contributed by atoms with van der Waals surface area (Å²) in [5, 5.41) is 6.47. The number of anilines is 3. The van der Waals surface area contributed by atoms with E-state index in [0.29, 0.717) is 37.1 Å². The number of hydrogen-bond acceptors (Lipinski definition) is 7. The highest BCUT2D eigenvalue weighted by atomic mass is 16.5. The van der Waals surface area contributed by atoms with Gasteiger partial charge < -0.3 is 25.0 Å². The molecule has 0 aliphatic carbocycles. The molecule has 30 heavy (non-hydrogen) atoms. The average Bonchev–Trinajstić information content (AvgIpc) is 3.01.